The van der Waals surface area contributed by atoms with Crippen LogP contribution in [0, 0.1) is 16.0 Å². The fourth-order valence-corrected chi connectivity index (χ4v) is 4.45. The van der Waals surface area contributed by atoms with Crippen LogP contribution in [0.1, 0.15) is 69.2 Å². The van der Waals surface area contributed by atoms with Crippen LogP contribution in [0.2, 0.25) is 0 Å². The van der Waals surface area contributed by atoms with E-state index in [0.717, 1.165) is 51.6 Å². The SMILES string of the molecule is CCN(C(=O)c1ccc(N2CCC(C)CC2)c([N+](=O)[O-])c1)C1CCCCC1. The van der Waals surface area contributed by atoms with Crippen LogP contribution in [0.5, 0.6) is 0 Å². The average molecular weight is 373 g/mol. The Labute approximate surface area is 161 Å². The van der Waals surface area contributed by atoms with E-state index in [-0.39, 0.29) is 22.6 Å². The minimum Gasteiger partial charge on any atom is -0.366 e. The molecule has 1 aromatic carbocycles. The first-order valence-electron chi connectivity index (χ1n) is 10.4. The van der Waals surface area contributed by atoms with Crippen molar-refractivity contribution in [3.05, 3.63) is 33.9 Å². The van der Waals surface area contributed by atoms with Gasteiger partial charge >= 0.3 is 0 Å². The Hall–Kier alpha value is -2.11. The summed E-state index contributed by atoms with van der Waals surface area (Å²) >= 11 is 0. The van der Waals surface area contributed by atoms with E-state index in [4.69, 9.17) is 0 Å². The van der Waals surface area contributed by atoms with Gasteiger partial charge in [0.2, 0.25) is 0 Å². The first kappa shape index (κ1) is 19.6. The van der Waals surface area contributed by atoms with Crippen molar-refractivity contribution in [3.63, 3.8) is 0 Å². The predicted molar refractivity (Wildman–Crippen MR) is 107 cm³/mol. The number of piperidine rings is 1. The van der Waals surface area contributed by atoms with Gasteiger partial charge < -0.3 is 9.80 Å². The predicted octanol–water partition coefficient (Wildman–Crippen LogP) is 4.63. The van der Waals surface area contributed by atoms with Crippen LogP contribution >= 0.6 is 0 Å². The highest BCUT2D eigenvalue weighted by Crippen LogP contribution is 2.33. The van der Waals surface area contributed by atoms with Gasteiger partial charge in [0.1, 0.15) is 5.69 Å². The number of benzene rings is 1. The fraction of sp³-hybridized carbons (Fsp3) is 0.667. The van der Waals surface area contributed by atoms with Crippen LogP contribution in [-0.2, 0) is 0 Å². The number of nitro groups is 1. The number of rotatable bonds is 5. The number of carbonyl (C=O) groups is 1. The lowest BCUT2D eigenvalue weighted by Crippen LogP contribution is -2.41. The zero-order chi connectivity index (χ0) is 19.4. The largest absolute Gasteiger partial charge is 0.366 e. The van der Waals surface area contributed by atoms with Crippen molar-refractivity contribution < 1.29 is 9.72 Å². The standard InChI is InChI=1S/C21H31N3O3/c1-3-23(18-7-5-4-6-8-18)21(25)17-9-10-19(20(15-17)24(26)27)22-13-11-16(2)12-14-22/h9-10,15-16,18H,3-8,11-14H2,1-2H3. The molecule has 3 rings (SSSR count). The molecule has 27 heavy (non-hydrogen) atoms. The first-order chi connectivity index (χ1) is 13.0. The summed E-state index contributed by atoms with van der Waals surface area (Å²) in [7, 11) is 0. The van der Waals surface area contributed by atoms with Crippen molar-refractivity contribution in [2.45, 2.75) is 64.8 Å². The lowest BCUT2D eigenvalue weighted by molar-refractivity contribution is -0.384. The van der Waals surface area contributed by atoms with Crippen molar-refractivity contribution in [2.75, 3.05) is 24.5 Å². The van der Waals surface area contributed by atoms with Crippen molar-refractivity contribution in [1.29, 1.82) is 0 Å². The zero-order valence-electron chi connectivity index (χ0n) is 16.5. The van der Waals surface area contributed by atoms with E-state index in [1.54, 1.807) is 12.1 Å². The van der Waals surface area contributed by atoms with Gasteiger partial charge in [-0.05, 0) is 50.7 Å². The van der Waals surface area contributed by atoms with Gasteiger partial charge in [0.05, 0.1) is 4.92 Å². The summed E-state index contributed by atoms with van der Waals surface area (Å²) in [6, 6.07) is 5.30. The highest BCUT2D eigenvalue weighted by molar-refractivity contribution is 5.96. The summed E-state index contributed by atoms with van der Waals surface area (Å²) in [4.78, 5) is 28.4. The van der Waals surface area contributed by atoms with Gasteiger partial charge in [-0.1, -0.05) is 26.2 Å². The Morgan fingerprint density at radius 1 is 1.19 bits per heavy atom. The van der Waals surface area contributed by atoms with E-state index >= 15 is 0 Å². The van der Waals surface area contributed by atoms with Gasteiger partial charge in [-0.2, -0.15) is 0 Å². The van der Waals surface area contributed by atoms with Gasteiger partial charge in [-0.3, -0.25) is 14.9 Å². The number of anilines is 1. The van der Waals surface area contributed by atoms with Gasteiger partial charge in [-0.15, -0.1) is 0 Å². The van der Waals surface area contributed by atoms with E-state index in [9.17, 15) is 14.9 Å². The molecule has 148 valence electrons. The molecule has 6 nitrogen and oxygen atoms in total. The molecule has 1 saturated heterocycles. The molecule has 6 heteroatoms. The van der Waals surface area contributed by atoms with Gasteiger partial charge in [0.15, 0.2) is 0 Å². The Kier molecular flexibility index (Phi) is 6.34. The molecular formula is C21H31N3O3. The summed E-state index contributed by atoms with van der Waals surface area (Å²) < 4.78 is 0. The molecule has 0 aromatic heterocycles. The van der Waals surface area contributed by atoms with E-state index in [0.29, 0.717) is 23.7 Å². The van der Waals surface area contributed by atoms with Crippen LogP contribution in [0.4, 0.5) is 11.4 Å². The molecule has 1 heterocycles. The van der Waals surface area contributed by atoms with E-state index in [1.165, 1.54) is 12.5 Å². The molecule has 1 aliphatic heterocycles. The number of carbonyl (C=O) groups excluding carboxylic acids is 1. The van der Waals surface area contributed by atoms with E-state index < -0.39 is 0 Å². The summed E-state index contributed by atoms with van der Waals surface area (Å²) in [5.41, 5.74) is 1.13. The highest BCUT2D eigenvalue weighted by Gasteiger charge is 2.28. The third-order valence-electron chi connectivity index (χ3n) is 6.16. The first-order valence-corrected chi connectivity index (χ1v) is 10.4. The Balaban J connectivity index is 1.84. The van der Waals surface area contributed by atoms with Crippen molar-refractivity contribution in [1.82, 2.24) is 4.90 Å². The quantitative estimate of drug-likeness (QED) is 0.558. The maximum Gasteiger partial charge on any atom is 0.293 e. The molecule has 0 N–H and O–H groups in total. The smallest absolute Gasteiger partial charge is 0.293 e. The van der Waals surface area contributed by atoms with E-state index in [2.05, 4.69) is 11.8 Å². The second-order valence-electron chi connectivity index (χ2n) is 8.01. The molecule has 0 radical (unpaired) electrons. The van der Waals surface area contributed by atoms with E-state index in [1.807, 2.05) is 11.8 Å². The topological polar surface area (TPSA) is 66.7 Å². The summed E-state index contributed by atoms with van der Waals surface area (Å²) in [5, 5.41) is 11.7. The Morgan fingerprint density at radius 2 is 1.85 bits per heavy atom. The van der Waals surface area contributed by atoms with Crippen molar-refractivity contribution >= 4 is 17.3 Å². The lowest BCUT2D eigenvalue weighted by atomic mass is 9.93. The van der Waals surface area contributed by atoms with Crippen LogP contribution in [-0.4, -0.2) is 41.4 Å². The molecule has 2 aliphatic rings. The van der Waals surface area contributed by atoms with Crippen LogP contribution in [0.15, 0.2) is 18.2 Å². The maximum absolute atomic E-state index is 13.1. The number of amides is 1. The minimum absolute atomic E-state index is 0.0510. The minimum atomic E-state index is -0.346. The highest BCUT2D eigenvalue weighted by atomic mass is 16.6. The molecule has 1 amide bonds. The molecule has 0 unspecified atom stereocenters. The number of nitro benzene ring substituents is 1. The third kappa shape index (κ3) is 4.42. The van der Waals surface area contributed by atoms with Crippen LogP contribution in [0.3, 0.4) is 0 Å². The molecule has 0 atom stereocenters. The van der Waals surface area contributed by atoms with Crippen LogP contribution in [0.25, 0.3) is 0 Å². The van der Waals surface area contributed by atoms with Crippen molar-refractivity contribution in [3.8, 4) is 0 Å². The summed E-state index contributed by atoms with van der Waals surface area (Å²) in [6.45, 7) is 6.52. The van der Waals surface area contributed by atoms with Gasteiger partial charge in [-0.25, -0.2) is 0 Å². The Morgan fingerprint density at radius 3 is 2.44 bits per heavy atom. The summed E-state index contributed by atoms with van der Waals surface area (Å²) in [5.74, 6) is 0.584. The molecule has 1 saturated carbocycles. The second kappa shape index (κ2) is 8.72. The molecule has 0 spiro atoms. The normalized spacial score (nSPS) is 19.1. The fourth-order valence-electron chi connectivity index (χ4n) is 4.45. The van der Waals surface area contributed by atoms with Crippen LogP contribution < -0.4 is 4.90 Å². The van der Waals surface area contributed by atoms with Gasteiger partial charge in [0, 0.05) is 37.3 Å². The third-order valence-corrected chi connectivity index (χ3v) is 6.16. The second-order valence-corrected chi connectivity index (χ2v) is 8.01. The number of hydrogen-bond acceptors (Lipinski definition) is 4. The number of nitrogens with zero attached hydrogens (tertiary/aromatic N) is 3. The average Bonchev–Trinajstić information content (AvgIpc) is 2.69. The molecule has 1 aliphatic carbocycles. The Bertz CT molecular complexity index is 677. The van der Waals surface area contributed by atoms with Crippen molar-refractivity contribution in [2.24, 2.45) is 5.92 Å². The number of hydrogen-bond donors (Lipinski definition) is 0. The monoisotopic (exact) mass is 373 g/mol. The zero-order valence-corrected chi connectivity index (χ0v) is 16.5. The van der Waals surface area contributed by atoms with Gasteiger partial charge in [0.25, 0.3) is 11.6 Å². The molecular weight excluding hydrogens is 342 g/mol. The molecule has 2 fully saturated rings. The molecule has 0 bridgehead atoms. The molecule has 1 aromatic rings. The summed E-state index contributed by atoms with van der Waals surface area (Å²) in [6.07, 6.45) is 7.70. The lowest BCUT2D eigenvalue weighted by Gasteiger charge is -2.34. The maximum atomic E-state index is 13.1.